The van der Waals surface area contributed by atoms with Gasteiger partial charge in [0.15, 0.2) is 11.5 Å². The number of nitrogens with zero attached hydrogens (tertiary/aromatic N) is 1. The third kappa shape index (κ3) is 2.27. The number of aliphatic carboxylic acids is 1. The lowest BCUT2D eigenvalue weighted by Crippen LogP contribution is -2.76. The molecule has 1 aromatic carbocycles. The second-order valence-electron chi connectivity index (χ2n) is 5.67. The zero-order valence-electron chi connectivity index (χ0n) is 12.2. The van der Waals surface area contributed by atoms with Gasteiger partial charge in [-0.3, -0.25) is 9.69 Å². The number of phenolic OH excluding ortho intramolecular Hbond substituents is 2. The molecular formula is C14H12Br2N2O5S. The summed E-state index contributed by atoms with van der Waals surface area (Å²) in [7, 11) is 0. The molecule has 0 bridgehead atoms. The minimum absolute atomic E-state index is 0.144. The third-order valence-electron chi connectivity index (χ3n) is 4.02. The number of nitrogens with two attached hydrogens (primary N) is 1. The number of halogens is 2. The molecule has 0 spiro atoms. The second-order valence-corrected chi connectivity index (χ2v) is 8.38. The molecular weight excluding hydrogens is 468 g/mol. The fraction of sp³-hybridized carbons (Fsp3) is 0.286. The van der Waals surface area contributed by atoms with Gasteiger partial charge in [-0.05, 0) is 44.8 Å². The van der Waals surface area contributed by atoms with Crippen molar-refractivity contribution in [2.24, 2.45) is 5.73 Å². The molecule has 2 aliphatic rings. The Labute approximate surface area is 157 Å². The number of aromatic hydroxyl groups is 2. The summed E-state index contributed by atoms with van der Waals surface area (Å²) in [4.78, 5) is 25.3. The molecule has 5 N–H and O–H groups in total. The van der Waals surface area contributed by atoms with Gasteiger partial charge in [0.05, 0.1) is 4.47 Å². The second kappa shape index (κ2) is 5.65. The highest BCUT2D eigenvalue weighted by Crippen LogP contribution is 2.51. The summed E-state index contributed by atoms with van der Waals surface area (Å²) in [6.45, 7) is 1.58. The van der Waals surface area contributed by atoms with Crippen LogP contribution in [-0.4, -0.2) is 48.8 Å². The van der Waals surface area contributed by atoms with E-state index in [1.54, 1.807) is 6.92 Å². The molecule has 7 nitrogen and oxygen atoms in total. The van der Waals surface area contributed by atoms with E-state index in [2.05, 4.69) is 31.9 Å². The number of benzene rings is 1. The van der Waals surface area contributed by atoms with E-state index in [0.717, 1.165) is 0 Å². The maximum absolute atomic E-state index is 12.3. The highest BCUT2D eigenvalue weighted by Gasteiger charge is 2.60. The number of hydrogen-bond donors (Lipinski definition) is 4. The maximum Gasteiger partial charge on any atom is 0.352 e. The number of carboxylic acids is 1. The van der Waals surface area contributed by atoms with E-state index < -0.39 is 28.5 Å². The molecule has 10 heteroatoms. The molecule has 1 aromatic rings. The molecule has 1 saturated heterocycles. The van der Waals surface area contributed by atoms with E-state index in [1.807, 2.05) is 0 Å². The number of hydrogen-bond acceptors (Lipinski definition) is 6. The Kier molecular flexibility index (Phi) is 4.14. The predicted octanol–water partition coefficient (Wildman–Crippen LogP) is 2.05. The Morgan fingerprint density at radius 3 is 2.67 bits per heavy atom. The van der Waals surface area contributed by atoms with Gasteiger partial charge in [-0.15, -0.1) is 11.8 Å². The number of rotatable bonds is 2. The smallest absolute Gasteiger partial charge is 0.352 e. The van der Waals surface area contributed by atoms with Gasteiger partial charge in [-0.2, -0.15) is 0 Å². The maximum atomic E-state index is 12.3. The summed E-state index contributed by atoms with van der Waals surface area (Å²) >= 11 is 7.80. The van der Waals surface area contributed by atoms with Crippen LogP contribution in [0.1, 0.15) is 12.5 Å². The average Bonchev–Trinajstić information content (AvgIpc) is 2.51. The van der Waals surface area contributed by atoms with Crippen molar-refractivity contribution in [3.8, 4) is 11.5 Å². The average molecular weight is 480 g/mol. The number of amides is 1. The van der Waals surface area contributed by atoms with E-state index in [9.17, 15) is 24.9 Å². The van der Waals surface area contributed by atoms with Crippen LogP contribution in [0.25, 0.3) is 5.57 Å². The molecule has 1 unspecified atom stereocenters. The third-order valence-corrected chi connectivity index (χ3v) is 6.89. The lowest BCUT2D eigenvalue weighted by atomic mass is 9.89. The van der Waals surface area contributed by atoms with Gasteiger partial charge in [0.25, 0.3) is 5.91 Å². The molecule has 2 atom stereocenters. The van der Waals surface area contributed by atoms with Gasteiger partial charge in [0.2, 0.25) is 0 Å². The van der Waals surface area contributed by atoms with Crippen molar-refractivity contribution in [1.29, 1.82) is 0 Å². The number of β-lactam (4-membered cyclic amide) rings is 1. The van der Waals surface area contributed by atoms with Gasteiger partial charge in [0, 0.05) is 21.4 Å². The lowest BCUT2D eigenvalue weighted by molar-refractivity contribution is -0.153. The van der Waals surface area contributed by atoms with Crippen LogP contribution in [0.3, 0.4) is 0 Å². The fourth-order valence-electron chi connectivity index (χ4n) is 2.81. The van der Waals surface area contributed by atoms with Crippen LogP contribution in [0.2, 0.25) is 0 Å². The van der Waals surface area contributed by atoms with E-state index in [-0.39, 0.29) is 21.7 Å². The number of phenols is 2. The van der Waals surface area contributed by atoms with E-state index in [0.29, 0.717) is 15.6 Å². The Morgan fingerprint density at radius 1 is 1.46 bits per heavy atom. The van der Waals surface area contributed by atoms with Crippen LogP contribution in [0, 0.1) is 0 Å². The largest absolute Gasteiger partial charge is 0.504 e. The molecule has 0 saturated carbocycles. The minimum atomic E-state index is -1.26. The van der Waals surface area contributed by atoms with Crippen molar-refractivity contribution >= 4 is 61.1 Å². The molecule has 3 rings (SSSR count). The number of thioether (sulfide) groups is 1. The van der Waals surface area contributed by atoms with Gasteiger partial charge in [-0.25, -0.2) is 4.79 Å². The molecule has 128 valence electrons. The quantitative estimate of drug-likeness (QED) is 0.378. The van der Waals surface area contributed by atoms with Crippen molar-refractivity contribution in [3.05, 3.63) is 26.3 Å². The summed E-state index contributed by atoms with van der Waals surface area (Å²) in [5.41, 5.74) is 5.39. The van der Waals surface area contributed by atoms with Crippen molar-refractivity contribution in [2.45, 2.75) is 17.8 Å². The van der Waals surface area contributed by atoms with Crippen LogP contribution in [-0.2, 0) is 9.59 Å². The van der Waals surface area contributed by atoms with Crippen molar-refractivity contribution < 1.29 is 24.9 Å². The van der Waals surface area contributed by atoms with Crippen molar-refractivity contribution in [3.63, 3.8) is 0 Å². The Balaban J connectivity index is 2.24. The Bertz CT molecular complexity index is 824. The van der Waals surface area contributed by atoms with Gasteiger partial charge in [-0.1, -0.05) is 0 Å². The molecule has 1 amide bonds. The molecule has 1 fully saturated rings. The SMILES string of the molecule is CC1(N)C(=O)N2C(C(=O)O)=C(c3c(Br)cc(O)c(O)c3Br)CS[C@H]21. The Hall–Kier alpha value is -1.23. The monoisotopic (exact) mass is 478 g/mol. The highest BCUT2D eigenvalue weighted by molar-refractivity contribution is 9.11. The van der Waals surface area contributed by atoms with Crippen LogP contribution < -0.4 is 5.73 Å². The van der Waals surface area contributed by atoms with Crippen LogP contribution >= 0.6 is 43.6 Å². The zero-order chi connectivity index (χ0) is 18.0. The summed E-state index contributed by atoms with van der Waals surface area (Å²) in [5, 5.41) is 28.8. The van der Waals surface area contributed by atoms with Gasteiger partial charge in [0.1, 0.15) is 16.6 Å². The molecule has 0 aliphatic carbocycles. The Morgan fingerprint density at radius 2 is 2.08 bits per heavy atom. The summed E-state index contributed by atoms with van der Waals surface area (Å²) < 4.78 is 0.534. The standard InChI is InChI=1S/C14H12Br2N2O5S/c1-14(17)12(23)18-9(11(21)22)4(3-24-13(14)18)7-5(15)2-6(19)10(20)8(7)16/h2,13,19-20H,3,17H2,1H3,(H,21,22)/t13-,14?/m0/s1. The first-order chi connectivity index (χ1) is 11.1. The normalized spacial score (nSPS) is 26.2. The minimum Gasteiger partial charge on any atom is -0.504 e. The summed E-state index contributed by atoms with van der Waals surface area (Å²) in [6.07, 6.45) is 0. The summed E-state index contributed by atoms with van der Waals surface area (Å²) in [6, 6.07) is 1.27. The first-order valence-electron chi connectivity index (χ1n) is 6.70. The van der Waals surface area contributed by atoms with Gasteiger partial charge < -0.3 is 21.1 Å². The first-order valence-corrected chi connectivity index (χ1v) is 9.33. The predicted molar refractivity (Wildman–Crippen MR) is 95.4 cm³/mol. The first kappa shape index (κ1) is 17.6. The number of carboxylic acid groups (broad SMARTS) is 1. The van der Waals surface area contributed by atoms with Crippen molar-refractivity contribution in [1.82, 2.24) is 4.90 Å². The molecule has 0 radical (unpaired) electrons. The fourth-order valence-corrected chi connectivity index (χ4v) is 5.79. The molecule has 0 aromatic heterocycles. The number of carbonyl (C=O) groups excluding carboxylic acids is 1. The molecule has 2 heterocycles. The lowest BCUT2D eigenvalue weighted by Gasteiger charge is -2.54. The topological polar surface area (TPSA) is 124 Å². The number of fused-ring (bicyclic) bond motifs is 1. The van der Waals surface area contributed by atoms with E-state index in [4.69, 9.17) is 5.73 Å². The van der Waals surface area contributed by atoms with Crippen LogP contribution in [0.5, 0.6) is 11.5 Å². The van der Waals surface area contributed by atoms with Crippen molar-refractivity contribution in [2.75, 3.05) is 5.75 Å². The van der Waals surface area contributed by atoms with E-state index >= 15 is 0 Å². The van der Waals surface area contributed by atoms with Crippen LogP contribution in [0.15, 0.2) is 20.7 Å². The molecule has 24 heavy (non-hydrogen) atoms. The summed E-state index contributed by atoms with van der Waals surface area (Å²) in [5.74, 6) is -2.21. The number of carbonyl (C=O) groups is 2. The van der Waals surface area contributed by atoms with E-state index in [1.165, 1.54) is 22.7 Å². The van der Waals surface area contributed by atoms with Crippen LogP contribution in [0.4, 0.5) is 0 Å². The highest BCUT2D eigenvalue weighted by atomic mass is 79.9. The van der Waals surface area contributed by atoms with Gasteiger partial charge >= 0.3 is 5.97 Å². The molecule has 2 aliphatic heterocycles. The zero-order valence-corrected chi connectivity index (χ0v) is 16.2.